The minimum Gasteiger partial charge on any atom is -0.381 e. The Kier molecular flexibility index (Phi) is 6.50. The second kappa shape index (κ2) is 9.76. The van der Waals surface area contributed by atoms with Gasteiger partial charge in [0.05, 0.1) is 34.9 Å². The van der Waals surface area contributed by atoms with Crippen LogP contribution in [0.4, 0.5) is 11.4 Å². The van der Waals surface area contributed by atoms with Crippen LogP contribution in [0.2, 0.25) is 0 Å². The average molecular weight is 497 g/mol. The average Bonchev–Trinajstić information content (AvgIpc) is 3.09. The van der Waals surface area contributed by atoms with Crippen molar-refractivity contribution in [3.63, 3.8) is 0 Å². The normalized spacial score (nSPS) is 17.4. The highest BCUT2D eigenvalue weighted by Crippen LogP contribution is 2.42. The van der Waals surface area contributed by atoms with Crippen molar-refractivity contribution in [1.29, 1.82) is 0 Å². The summed E-state index contributed by atoms with van der Waals surface area (Å²) in [7, 11) is 1.74. The van der Waals surface area contributed by atoms with Gasteiger partial charge < -0.3 is 10.2 Å². The van der Waals surface area contributed by atoms with E-state index in [1.807, 2.05) is 47.1 Å². The van der Waals surface area contributed by atoms with Gasteiger partial charge in [-0.2, -0.15) is 0 Å². The smallest absolute Gasteiger partial charge is 0.259 e. The number of hydrogen-bond donors (Lipinski definition) is 1. The third-order valence-electron chi connectivity index (χ3n) is 7.38. The van der Waals surface area contributed by atoms with Gasteiger partial charge in [0.15, 0.2) is 0 Å². The van der Waals surface area contributed by atoms with Crippen LogP contribution in [-0.4, -0.2) is 59.1 Å². The molecule has 8 heteroatoms. The van der Waals surface area contributed by atoms with Crippen LogP contribution in [0.15, 0.2) is 60.1 Å². The number of aromatic nitrogens is 2. The standard InChI is InChI=1S/C29H32N6O2/c1-19-7-10-31-18-25(19)27(36)34-11-8-21(9-12-34)33-22-14-23(17-32-16-22)35-28(37)24-6-5-20(15-30-4)13-26(24)29(35,2)3/h5-7,10,13-18,21,33H,8-9,11-12H2,1-4H3. The van der Waals surface area contributed by atoms with E-state index >= 15 is 0 Å². The molecule has 4 heterocycles. The Morgan fingerprint density at radius 1 is 1.11 bits per heavy atom. The van der Waals surface area contributed by atoms with E-state index in [2.05, 4.69) is 34.1 Å². The minimum absolute atomic E-state index is 0.0311. The SMILES string of the molecule is CN=Cc1ccc2c(c1)C(C)(C)N(c1cncc(NC3CCN(C(=O)c4cnccc4C)CC3)c1)C2=O. The third-order valence-corrected chi connectivity index (χ3v) is 7.38. The lowest BCUT2D eigenvalue weighted by Crippen LogP contribution is -2.42. The number of likely N-dealkylation sites (tertiary alicyclic amines) is 1. The molecule has 0 bridgehead atoms. The summed E-state index contributed by atoms with van der Waals surface area (Å²) >= 11 is 0. The van der Waals surface area contributed by atoms with Gasteiger partial charge in [0, 0.05) is 50.4 Å². The molecule has 0 spiro atoms. The van der Waals surface area contributed by atoms with E-state index in [1.165, 1.54) is 0 Å². The van der Waals surface area contributed by atoms with Crippen LogP contribution in [0.5, 0.6) is 0 Å². The van der Waals surface area contributed by atoms with E-state index in [1.54, 1.807) is 38.0 Å². The molecule has 0 saturated carbocycles. The maximum absolute atomic E-state index is 13.4. The predicted molar refractivity (Wildman–Crippen MR) is 146 cm³/mol. The van der Waals surface area contributed by atoms with Crippen LogP contribution in [0.3, 0.4) is 0 Å². The summed E-state index contributed by atoms with van der Waals surface area (Å²) in [5, 5.41) is 3.58. The van der Waals surface area contributed by atoms with Gasteiger partial charge in [-0.1, -0.05) is 6.07 Å². The van der Waals surface area contributed by atoms with E-state index in [-0.39, 0.29) is 17.9 Å². The van der Waals surface area contributed by atoms with Crippen molar-refractivity contribution in [3.8, 4) is 0 Å². The lowest BCUT2D eigenvalue weighted by atomic mass is 9.92. The highest BCUT2D eigenvalue weighted by atomic mass is 16.2. The zero-order valence-corrected chi connectivity index (χ0v) is 21.7. The maximum Gasteiger partial charge on any atom is 0.259 e. The Bertz CT molecular complexity index is 1370. The Labute approximate surface area is 217 Å². The number of nitrogens with one attached hydrogen (secondary N) is 1. The fourth-order valence-corrected chi connectivity index (χ4v) is 5.37. The van der Waals surface area contributed by atoms with Crippen LogP contribution in [0, 0.1) is 6.92 Å². The van der Waals surface area contributed by atoms with Crippen LogP contribution in [0.25, 0.3) is 0 Å². The highest BCUT2D eigenvalue weighted by molar-refractivity contribution is 6.12. The molecule has 1 fully saturated rings. The second-order valence-electron chi connectivity index (χ2n) is 10.2. The molecule has 8 nitrogen and oxygen atoms in total. The number of rotatable bonds is 5. The van der Waals surface area contributed by atoms with Crippen molar-refractivity contribution < 1.29 is 9.59 Å². The van der Waals surface area contributed by atoms with Gasteiger partial charge in [-0.05, 0) is 74.6 Å². The van der Waals surface area contributed by atoms with Crippen molar-refractivity contribution in [2.45, 2.75) is 45.2 Å². The van der Waals surface area contributed by atoms with Crippen LogP contribution in [-0.2, 0) is 5.54 Å². The lowest BCUT2D eigenvalue weighted by Gasteiger charge is -2.34. The molecule has 1 N–H and O–H groups in total. The van der Waals surface area contributed by atoms with Gasteiger partial charge in [0.25, 0.3) is 11.8 Å². The number of pyridine rings is 2. The van der Waals surface area contributed by atoms with Gasteiger partial charge >= 0.3 is 0 Å². The summed E-state index contributed by atoms with van der Waals surface area (Å²) in [5.41, 5.74) is 5.36. The van der Waals surface area contributed by atoms with Crippen molar-refractivity contribution in [2.75, 3.05) is 30.4 Å². The molecule has 0 unspecified atom stereocenters. The monoisotopic (exact) mass is 496 g/mol. The zero-order chi connectivity index (χ0) is 26.2. The number of anilines is 2. The Balaban J connectivity index is 1.28. The van der Waals surface area contributed by atoms with Gasteiger partial charge in [0.2, 0.25) is 0 Å². The molecule has 2 aliphatic rings. The summed E-state index contributed by atoms with van der Waals surface area (Å²) in [6.45, 7) is 7.40. The molecule has 190 valence electrons. The van der Waals surface area contributed by atoms with Gasteiger partial charge in [0.1, 0.15) is 0 Å². The Hall–Kier alpha value is -4.07. The van der Waals surface area contributed by atoms with Crippen LogP contribution < -0.4 is 10.2 Å². The number of aryl methyl sites for hydroxylation is 1. The first-order valence-corrected chi connectivity index (χ1v) is 12.6. The first kappa shape index (κ1) is 24.6. The summed E-state index contributed by atoms with van der Waals surface area (Å²) in [6, 6.07) is 9.92. The topological polar surface area (TPSA) is 90.8 Å². The third kappa shape index (κ3) is 4.59. The van der Waals surface area contributed by atoms with E-state index in [9.17, 15) is 9.59 Å². The Morgan fingerprint density at radius 3 is 2.62 bits per heavy atom. The van der Waals surface area contributed by atoms with Crippen molar-refractivity contribution >= 4 is 29.4 Å². The molecular weight excluding hydrogens is 464 g/mol. The number of nitrogens with zero attached hydrogens (tertiary/aromatic N) is 5. The molecule has 37 heavy (non-hydrogen) atoms. The number of hydrogen-bond acceptors (Lipinski definition) is 6. The van der Waals surface area contributed by atoms with Crippen molar-refractivity contribution in [1.82, 2.24) is 14.9 Å². The fraction of sp³-hybridized carbons (Fsp3) is 0.345. The molecule has 0 aliphatic carbocycles. The minimum atomic E-state index is -0.527. The molecular formula is C29H32N6O2. The number of aliphatic imine (C=N–C) groups is 1. The predicted octanol–water partition coefficient (Wildman–Crippen LogP) is 4.45. The molecule has 0 radical (unpaired) electrons. The molecule has 0 atom stereocenters. The van der Waals surface area contributed by atoms with Crippen molar-refractivity contribution in [3.05, 3.63) is 82.9 Å². The summed E-state index contributed by atoms with van der Waals surface area (Å²) in [5.74, 6) is 0.00637. The van der Waals surface area contributed by atoms with Crippen molar-refractivity contribution in [2.24, 2.45) is 4.99 Å². The molecule has 2 aromatic heterocycles. The molecule has 1 saturated heterocycles. The molecule has 5 rings (SSSR count). The van der Waals surface area contributed by atoms with E-state index in [0.717, 1.165) is 40.9 Å². The van der Waals surface area contributed by atoms with Crippen LogP contribution >= 0.6 is 0 Å². The largest absolute Gasteiger partial charge is 0.381 e. The van der Waals surface area contributed by atoms with Gasteiger partial charge in [-0.3, -0.25) is 29.4 Å². The van der Waals surface area contributed by atoms with Gasteiger partial charge in [-0.15, -0.1) is 0 Å². The van der Waals surface area contributed by atoms with Crippen LogP contribution in [0.1, 0.15) is 64.1 Å². The second-order valence-corrected chi connectivity index (χ2v) is 10.2. The lowest BCUT2D eigenvalue weighted by molar-refractivity contribution is 0.0717. The van der Waals surface area contributed by atoms with E-state index in [0.29, 0.717) is 24.2 Å². The number of fused-ring (bicyclic) bond motifs is 1. The Morgan fingerprint density at radius 2 is 1.89 bits per heavy atom. The first-order valence-electron chi connectivity index (χ1n) is 12.6. The molecule has 2 aliphatic heterocycles. The number of benzene rings is 1. The van der Waals surface area contributed by atoms with Gasteiger partial charge in [-0.25, -0.2) is 0 Å². The molecule has 2 amide bonds. The number of carbonyl (C=O) groups excluding carboxylic acids is 2. The zero-order valence-electron chi connectivity index (χ0n) is 21.7. The number of piperidine rings is 1. The number of carbonyl (C=O) groups is 2. The highest BCUT2D eigenvalue weighted by Gasteiger charge is 2.44. The molecule has 3 aromatic rings. The summed E-state index contributed by atoms with van der Waals surface area (Å²) in [4.78, 5) is 42.7. The fourth-order valence-electron chi connectivity index (χ4n) is 5.37. The first-order chi connectivity index (χ1) is 17.8. The summed E-state index contributed by atoms with van der Waals surface area (Å²) < 4.78 is 0. The molecule has 1 aromatic carbocycles. The van der Waals surface area contributed by atoms with E-state index < -0.39 is 5.54 Å². The maximum atomic E-state index is 13.4. The summed E-state index contributed by atoms with van der Waals surface area (Å²) in [6.07, 6.45) is 10.3. The number of amides is 2. The quantitative estimate of drug-likeness (QED) is 0.527. The van der Waals surface area contributed by atoms with E-state index in [4.69, 9.17) is 0 Å².